The van der Waals surface area contributed by atoms with E-state index in [4.69, 9.17) is 9.47 Å². The number of benzene rings is 3. The summed E-state index contributed by atoms with van der Waals surface area (Å²) < 4.78 is 12.1. The number of para-hydroxylation sites is 1. The summed E-state index contributed by atoms with van der Waals surface area (Å²) in [6.07, 6.45) is 0. The van der Waals surface area contributed by atoms with E-state index >= 15 is 0 Å². The second kappa shape index (κ2) is 10.2. The third kappa shape index (κ3) is 5.18. The van der Waals surface area contributed by atoms with Crippen LogP contribution in [0.15, 0.2) is 82.7 Å². The third-order valence-corrected chi connectivity index (χ3v) is 5.95. The quantitative estimate of drug-likeness (QED) is 0.317. The van der Waals surface area contributed by atoms with Crippen molar-refractivity contribution in [1.82, 2.24) is 14.9 Å². The van der Waals surface area contributed by atoms with Crippen molar-refractivity contribution in [3.63, 3.8) is 0 Å². The van der Waals surface area contributed by atoms with Crippen LogP contribution in [0.1, 0.15) is 5.56 Å². The van der Waals surface area contributed by atoms with Gasteiger partial charge < -0.3 is 14.8 Å². The average Bonchev–Trinajstić information content (AvgIpc) is 2.86. The van der Waals surface area contributed by atoms with Gasteiger partial charge in [-0.3, -0.25) is 14.2 Å². The maximum Gasteiger partial charge on any atom is 0.266 e. The number of amides is 1. The van der Waals surface area contributed by atoms with Crippen molar-refractivity contribution in [2.45, 2.75) is 11.7 Å². The highest BCUT2D eigenvalue weighted by molar-refractivity contribution is 7.99. The lowest BCUT2D eigenvalue weighted by Gasteiger charge is -2.14. The molecule has 0 saturated heterocycles. The molecule has 0 radical (unpaired) electrons. The largest absolute Gasteiger partial charge is 0.497 e. The Balaban J connectivity index is 1.58. The van der Waals surface area contributed by atoms with E-state index in [9.17, 15) is 9.59 Å². The molecule has 0 fully saturated rings. The lowest BCUT2D eigenvalue weighted by molar-refractivity contribution is -0.118. The molecule has 3 aromatic carbocycles. The van der Waals surface area contributed by atoms with Gasteiger partial charge in [-0.1, -0.05) is 42.1 Å². The highest BCUT2D eigenvalue weighted by Crippen LogP contribution is 2.23. The second-order valence-corrected chi connectivity index (χ2v) is 8.11. The van der Waals surface area contributed by atoms with Crippen LogP contribution in [0.3, 0.4) is 0 Å². The van der Waals surface area contributed by atoms with Crippen molar-refractivity contribution in [3.05, 3.63) is 88.7 Å². The van der Waals surface area contributed by atoms with Crippen molar-refractivity contribution in [1.29, 1.82) is 0 Å². The molecule has 0 saturated carbocycles. The van der Waals surface area contributed by atoms with Crippen LogP contribution in [0.25, 0.3) is 16.6 Å². The van der Waals surface area contributed by atoms with Crippen molar-refractivity contribution in [2.24, 2.45) is 0 Å². The fourth-order valence-electron chi connectivity index (χ4n) is 3.35. The molecule has 1 amide bonds. The molecule has 0 aliphatic carbocycles. The molecule has 1 N–H and O–H groups in total. The molecule has 0 aliphatic rings. The average molecular weight is 462 g/mol. The number of methoxy groups -OCH3 is 2. The van der Waals surface area contributed by atoms with Crippen LogP contribution in [-0.4, -0.2) is 35.4 Å². The molecule has 8 heteroatoms. The minimum Gasteiger partial charge on any atom is -0.497 e. The first kappa shape index (κ1) is 22.4. The van der Waals surface area contributed by atoms with E-state index in [1.54, 1.807) is 38.5 Å². The zero-order valence-corrected chi connectivity index (χ0v) is 19.1. The number of aromatic nitrogens is 2. The molecule has 168 valence electrons. The Morgan fingerprint density at radius 3 is 2.48 bits per heavy atom. The Bertz CT molecular complexity index is 1350. The van der Waals surface area contributed by atoms with Crippen molar-refractivity contribution >= 4 is 28.6 Å². The van der Waals surface area contributed by atoms with E-state index in [2.05, 4.69) is 10.3 Å². The zero-order chi connectivity index (χ0) is 23.2. The van der Waals surface area contributed by atoms with Gasteiger partial charge in [-0.15, -0.1) is 0 Å². The second-order valence-electron chi connectivity index (χ2n) is 7.17. The first-order chi connectivity index (χ1) is 16.1. The van der Waals surface area contributed by atoms with Crippen LogP contribution in [0.5, 0.6) is 11.5 Å². The highest BCUT2D eigenvalue weighted by Gasteiger charge is 2.15. The molecule has 0 unspecified atom stereocenters. The minimum atomic E-state index is -0.201. The van der Waals surface area contributed by atoms with Crippen LogP contribution < -0.4 is 20.3 Å². The standard InChI is InChI=1S/C25H23N3O4S/c1-31-19-9-5-7-17(13-19)15-26-23(29)16-33-25-27-22-12-4-3-11-21(22)24(30)28(25)18-8-6-10-20(14-18)32-2/h3-14H,15-16H2,1-2H3,(H,26,29). The van der Waals surface area contributed by atoms with Crippen LogP contribution in [0.2, 0.25) is 0 Å². The van der Waals surface area contributed by atoms with Gasteiger partial charge in [0, 0.05) is 12.6 Å². The van der Waals surface area contributed by atoms with Crippen molar-refractivity contribution < 1.29 is 14.3 Å². The topological polar surface area (TPSA) is 82.5 Å². The Labute approximate surface area is 195 Å². The molecule has 1 aromatic heterocycles. The summed E-state index contributed by atoms with van der Waals surface area (Å²) in [4.78, 5) is 30.5. The predicted octanol–water partition coefficient (Wildman–Crippen LogP) is 3.81. The number of nitrogens with one attached hydrogen (secondary N) is 1. The Kier molecular flexibility index (Phi) is 6.95. The van der Waals surface area contributed by atoms with Crippen LogP contribution in [0, 0.1) is 0 Å². The van der Waals surface area contributed by atoms with Gasteiger partial charge in [0.15, 0.2) is 5.16 Å². The van der Waals surface area contributed by atoms with Crippen LogP contribution >= 0.6 is 11.8 Å². The maximum absolute atomic E-state index is 13.3. The highest BCUT2D eigenvalue weighted by atomic mass is 32.2. The fourth-order valence-corrected chi connectivity index (χ4v) is 4.19. The summed E-state index contributed by atoms with van der Waals surface area (Å²) in [5.74, 6) is 1.30. The van der Waals surface area contributed by atoms with Crippen LogP contribution in [0.4, 0.5) is 0 Å². The van der Waals surface area contributed by atoms with E-state index < -0.39 is 0 Å². The smallest absolute Gasteiger partial charge is 0.266 e. The third-order valence-electron chi connectivity index (χ3n) is 5.01. The molecular formula is C25H23N3O4S. The first-order valence-electron chi connectivity index (χ1n) is 10.3. The van der Waals surface area contributed by atoms with Crippen molar-refractivity contribution in [2.75, 3.05) is 20.0 Å². The van der Waals surface area contributed by atoms with Gasteiger partial charge in [0.05, 0.1) is 36.6 Å². The monoisotopic (exact) mass is 461 g/mol. The number of fused-ring (bicyclic) bond motifs is 1. The Hall–Kier alpha value is -3.78. The van der Waals surface area contributed by atoms with Gasteiger partial charge in [-0.05, 0) is 42.0 Å². The van der Waals surface area contributed by atoms with E-state index in [1.165, 1.54) is 16.3 Å². The van der Waals surface area contributed by atoms with Gasteiger partial charge >= 0.3 is 0 Å². The van der Waals surface area contributed by atoms with Crippen LogP contribution in [-0.2, 0) is 11.3 Å². The molecule has 0 spiro atoms. The summed E-state index contributed by atoms with van der Waals surface area (Å²) in [5, 5.41) is 3.84. The summed E-state index contributed by atoms with van der Waals surface area (Å²) in [5.41, 5.74) is 1.94. The van der Waals surface area contributed by atoms with E-state index in [1.807, 2.05) is 48.5 Å². The van der Waals surface area contributed by atoms with Gasteiger partial charge in [0.2, 0.25) is 5.91 Å². The summed E-state index contributed by atoms with van der Waals surface area (Å²) >= 11 is 1.21. The molecule has 33 heavy (non-hydrogen) atoms. The number of ether oxygens (including phenoxy) is 2. The van der Waals surface area contributed by atoms with Gasteiger partial charge in [-0.2, -0.15) is 0 Å². The van der Waals surface area contributed by atoms with Gasteiger partial charge in [0.25, 0.3) is 5.56 Å². The Morgan fingerprint density at radius 2 is 1.70 bits per heavy atom. The molecule has 4 aromatic rings. The maximum atomic E-state index is 13.3. The molecule has 0 bridgehead atoms. The molecular weight excluding hydrogens is 438 g/mol. The summed E-state index contributed by atoms with van der Waals surface area (Å²) in [6, 6.07) is 21.9. The number of thioether (sulfide) groups is 1. The summed E-state index contributed by atoms with van der Waals surface area (Å²) in [6.45, 7) is 0.379. The number of carbonyl (C=O) groups excluding carboxylic acids is 1. The van der Waals surface area contributed by atoms with E-state index in [0.717, 1.165) is 11.3 Å². The predicted molar refractivity (Wildman–Crippen MR) is 129 cm³/mol. The molecule has 7 nitrogen and oxygen atoms in total. The normalized spacial score (nSPS) is 10.7. The first-order valence-corrected chi connectivity index (χ1v) is 11.3. The number of nitrogens with zero attached hydrogens (tertiary/aromatic N) is 2. The number of rotatable bonds is 8. The summed E-state index contributed by atoms with van der Waals surface area (Å²) in [7, 11) is 3.18. The molecule has 0 aliphatic heterocycles. The lowest BCUT2D eigenvalue weighted by atomic mass is 10.2. The SMILES string of the molecule is COc1cccc(CNC(=O)CSc2nc3ccccc3c(=O)n2-c2cccc(OC)c2)c1. The Morgan fingerprint density at radius 1 is 0.970 bits per heavy atom. The number of carbonyl (C=O) groups is 1. The van der Waals surface area contributed by atoms with Gasteiger partial charge in [-0.25, -0.2) is 4.98 Å². The molecule has 0 atom stereocenters. The van der Waals surface area contributed by atoms with E-state index in [0.29, 0.717) is 34.0 Å². The number of hydrogen-bond acceptors (Lipinski definition) is 6. The number of hydrogen-bond donors (Lipinski definition) is 1. The minimum absolute atomic E-state index is 0.110. The van der Waals surface area contributed by atoms with E-state index in [-0.39, 0.29) is 17.2 Å². The molecule has 1 heterocycles. The van der Waals surface area contributed by atoms with Gasteiger partial charge in [0.1, 0.15) is 11.5 Å². The lowest BCUT2D eigenvalue weighted by Crippen LogP contribution is -2.26. The fraction of sp³-hybridized carbons (Fsp3) is 0.160. The molecule has 4 rings (SSSR count). The van der Waals surface area contributed by atoms with Crippen molar-refractivity contribution in [3.8, 4) is 17.2 Å². The zero-order valence-electron chi connectivity index (χ0n) is 18.3.